The molecule has 153 valence electrons. The summed E-state index contributed by atoms with van der Waals surface area (Å²) in [5.74, 6) is -0.0378. The van der Waals surface area contributed by atoms with E-state index in [0.717, 1.165) is 16.7 Å². The molecule has 1 aromatic heterocycles. The van der Waals surface area contributed by atoms with Gasteiger partial charge in [0, 0.05) is 37.7 Å². The molecule has 0 spiro atoms. The van der Waals surface area contributed by atoms with Gasteiger partial charge in [-0.15, -0.1) is 0 Å². The van der Waals surface area contributed by atoms with Gasteiger partial charge in [0.1, 0.15) is 5.69 Å². The Hall–Kier alpha value is -1.49. The van der Waals surface area contributed by atoms with E-state index in [9.17, 15) is 9.90 Å². The molecule has 0 atom stereocenters. The van der Waals surface area contributed by atoms with Gasteiger partial charge in [0.05, 0.1) is 12.1 Å². The molecule has 3 aromatic rings. The largest absolute Gasteiger partial charge is 0.505 e. The Morgan fingerprint density at radius 2 is 1.76 bits per heavy atom. The van der Waals surface area contributed by atoms with Crippen LogP contribution in [0.3, 0.4) is 0 Å². The number of hydrogen-bond donors (Lipinski definition) is 1. The molecule has 0 saturated heterocycles. The average molecular weight is 489 g/mol. The van der Waals surface area contributed by atoms with Gasteiger partial charge in [0.2, 0.25) is 0 Å². The first-order valence-electron chi connectivity index (χ1n) is 9.14. The molecular formula is C23H28ClN2O2Y-. The molecule has 6 heteroatoms. The van der Waals surface area contributed by atoms with Crippen LogP contribution < -0.4 is 5.56 Å². The molecule has 0 saturated carbocycles. The van der Waals surface area contributed by atoms with Crippen molar-refractivity contribution in [2.75, 3.05) is 0 Å². The van der Waals surface area contributed by atoms with Crippen LogP contribution in [0.1, 0.15) is 37.6 Å². The zero-order valence-corrected chi connectivity index (χ0v) is 21.3. The Bertz CT molecular complexity index is 987. The number of aromatic hydroxyl groups is 1. The molecule has 1 N–H and O–H groups in total. The summed E-state index contributed by atoms with van der Waals surface area (Å²) in [7, 11) is 0. The zero-order chi connectivity index (χ0) is 20.0. The van der Waals surface area contributed by atoms with Crippen LogP contribution in [0, 0.1) is 14.4 Å². The van der Waals surface area contributed by atoms with Gasteiger partial charge in [0.25, 0.3) is 5.56 Å². The zero-order valence-electron chi connectivity index (χ0n) is 17.7. The second-order valence-electron chi connectivity index (χ2n) is 5.93. The number of rotatable bonds is 4. The minimum Gasteiger partial charge on any atom is -0.505 e. The molecule has 0 aliphatic heterocycles. The molecule has 0 fully saturated rings. The third kappa shape index (κ3) is 6.50. The van der Waals surface area contributed by atoms with E-state index in [1.54, 1.807) is 6.07 Å². The van der Waals surface area contributed by atoms with Crippen molar-refractivity contribution in [3.05, 3.63) is 88.2 Å². The fourth-order valence-electron chi connectivity index (χ4n) is 2.86. The molecule has 0 bridgehead atoms. The summed E-state index contributed by atoms with van der Waals surface area (Å²) in [6.07, 6.45) is 0.528. The Labute approximate surface area is 203 Å². The number of aromatic nitrogens is 2. The Morgan fingerprint density at radius 3 is 2.34 bits per heavy atom. The molecule has 4 nitrogen and oxygen atoms in total. The summed E-state index contributed by atoms with van der Waals surface area (Å²) in [4.78, 5) is 13.0. The van der Waals surface area contributed by atoms with Crippen LogP contribution in [-0.2, 0) is 45.7 Å². The Morgan fingerprint density at radius 1 is 1.10 bits per heavy atom. The first kappa shape index (κ1) is 27.5. The Balaban J connectivity index is 0.00000190. The van der Waals surface area contributed by atoms with Crippen LogP contribution in [0.4, 0.5) is 0 Å². The summed E-state index contributed by atoms with van der Waals surface area (Å²) in [5, 5.41) is 15.5. The third-order valence-electron chi connectivity index (χ3n) is 4.17. The van der Waals surface area contributed by atoms with E-state index < -0.39 is 0 Å². The van der Waals surface area contributed by atoms with Crippen LogP contribution in [-0.4, -0.2) is 14.9 Å². The first-order valence-corrected chi connectivity index (χ1v) is 9.52. The van der Waals surface area contributed by atoms with Gasteiger partial charge in [-0.1, -0.05) is 68.8 Å². The number of halogens is 1. The van der Waals surface area contributed by atoms with E-state index >= 15 is 0 Å². The number of aryl methyl sites for hydroxylation is 2. The minimum absolute atomic E-state index is 0. The van der Waals surface area contributed by atoms with Crippen LogP contribution in [0.15, 0.2) is 53.3 Å². The van der Waals surface area contributed by atoms with Gasteiger partial charge < -0.3 is 12.5 Å². The van der Waals surface area contributed by atoms with Crippen molar-refractivity contribution in [1.29, 1.82) is 0 Å². The maximum Gasteiger partial charge on any atom is 0.278 e. The van der Waals surface area contributed by atoms with Gasteiger partial charge >= 0.3 is 0 Å². The smallest absolute Gasteiger partial charge is 0.278 e. The fourth-order valence-corrected chi connectivity index (χ4v) is 3.08. The molecule has 2 aromatic carbocycles. The molecule has 1 heterocycles. The first-order chi connectivity index (χ1) is 13.0. The predicted octanol–water partition coefficient (Wildman–Crippen LogP) is 5.66. The predicted molar refractivity (Wildman–Crippen MR) is 118 cm³/mol. The summed E-state index contributed by atoms with van der Waals surface area (Å²) in [5.41, 5.74) is 3.01. The van der Waals surface area contributed by atoms with Gasteiger partial charge in [-0.2, -0.15) is 5.10 Å². The van der Waals surface area contributed by atoms with E-state index in [1.807, 2.05) is 70.2 Å². The van der Waals surface area contributed by atoms with Crippen molar-refractivity contribution in [3.63, 3.8) is 0 Å². The molecule has 29 heavy (non-hydrogen) atoms. The standard InChI is InChI=1S/C20H19ClN2O2.C2H6.CH3.Y/c1-3-17-19(24)18(16-10-5-4-7-13(16)2)20(25)23(22-17)12-14-8-6-9-15(21)11-14;1-2;;/h4-11,24H,3,12H2,1-2H3;1-2H3;1H3;/q;;-1;. The van der Waals surface area contributed by atoms with Crippen LogP contribution in [0.25, 0.3) is 11.1 Å². The normalized spacial score (nSPS) is 9.55. The van der Waals surface area contributed by atoms with E-state index in [4.69, 9.17) is 11.6 Å². The van der Waals surface area contributed by atoms with Crippen LogP contribution >= 0.6 is 11.6 Å². The molecule has 0 unspecified atom stereocenters. The molecule has 0 amide bonds. The third-order valence-corrected chi connectivity index (χ3v) is 4.41. The van der Waals surface area contributed by atoms with Crippen LogP contribution in [0.5, 0.6) is 5.75 Å². The van der Waals surface area contributed by atoms with Gasteiger partial charge in [-0.05, 0) is 42.2 Å². The number of benzene rings is 2. The molecule has 0 aliphatic carbocycles. The van der Waals surface area contributed by atoms with Crippen molar-refractivity contribution in [1.82, 2.24) is 9.78 Å². The molecular weight excluding hydrogens is 461 g/mol. The quantitative estimate of drug-likeness (QED) is 0.482. The molecule has 1 radical (unpaired) electrons. The van der Waals surface area contributed by atoms with E-state index in [0.29, 0.717) is 29.2 Å². The summed E-state index contributed by atoms with van der Waals surface area (Å²) in [6.45, 7) is 8.12. The topological polar surface area (TPSA) is 55.1 Å². The summed E-state index contributed by atoms with van der Waals surface area (Å²) >= 11 is 6.03. The number of hydrogen-bond acceptors (Lipinski definition) is 3. The summed E-state index contributed by atoms with van der Waals surface area (Å²) in [6, 6.07) is 14.8. The second-order valence-corrected chi connectivity index (χ2v) is 6.37. The SMILES string of the molecule is CC.CCc1nn(Cc2cccc(Cl)c2)c(=O)c(-c2ccccc2C)c1O.[CH3-].[Y]. The molecule has 3 rings (SSSR count). The maximum absolute atomic E-state index is 13.0. The number of nitrogens with zero attached hydrogens (tertiary/aromatic N) is 2. The van der Waals surface area contributed by atoms with E-state index in [-0.39, 0.29) is 51.4 Å². The monoisotopic (exact) mass is 488 g/mol. The van der Waals surface area contributed by atoms with Crippen LogP contribution in [0.2, 0.25) is 5.02 Å². The van der Waals surface area contributed by atoms with Gasteiger partial charge in [0.15, 0.2) is 5.75 Å². The van der Waals surface area contributed by atoms with Crippen molar-refractivity contribution >= 4 is 11.6 Å². The molecule has 0 aliphatic rings. The van der Waals surface area contributed by atoms with Crippen molar-refractivity contribution in [3.8, 4) is 16.9 Å². The second kappa shape index (κ2) is 12.9. The average Bonchev–Trinajstić information content (AvgIpc) is 2.67. The Kier molecular flexibility index (Phi) is 12.3. The minimum atomic E-state index is -0.316. The van der Waals surface area contributed by atoms with Gasteiger partial charge in [-0.3, -0.25) is 4.79 Å². The van der Waals surface area contributed by atoms with E-state index in [1.165, 1.54) is 4.68 Å². The van der Waals surface area contributed by atoms with Crippen molar-refractivity contribution in [2.45, 2.75) is 40.7 Å². The summed E-state index contributed by atoms with van der Waals surface area (Å²) < 4.78 is 1.39. The van der Waals surface area contributed by atoms with Crippen molar-refractivity contribution < 1.29 is 37.8 Å². The maximum atomic E-state index is 13.0. The van der Waals surface area contributed by atoms with E-state index in [2.05, 4.69) is 5.10 Å². The fraction of sp³-hybridized carbons (Fsp3) is 0.261. The van der Waals surface area contributed by atoms with Gasteiger partial charge in [-0.25, -0.2) is 4.68 Å². The van der Waals surface area contributed by atoms with Crippen molar-refractivity contribution in [2.24, 2.45) is 0 Å².